The fourth-order valence-corrected chi connectivity index (χ4v) is 0.814. The second-order valence-electron chi connectivity index (χ2n) is 2.26. The summed E-state index contributed by atoms with van der Waals surface area (Å²) in [6, 6.07) is 0. The van der Waals surface area contributed by atoms with Gasteiger partial charge in [0.05, 0.1) is 6.61 Å². The van der Waals surface area contributed by atoms with Crippen LogP contribution in [0.5, 0.6) is 0 Å². The number of carbonyl (C=O) groups is 1. The first-order valence-electron chi connectivity index (χ1n) is 3.08. The van der Waals surface area contributed by atoms with Crippen LogP contribution in [0.1, 0.15) is 0 Å². The van der Waals surface area contributed by atoms with E-state index >= 15 is 0 Å². The molecule has 11 heavy (non-hydrogen) atoms. The third kappa shape index (κ3) is 1.55. The fraction of sp³-hybridized carbons (Fsp3) is 0.800. The maximum absolute atomic E-state index is 10.8. The average Bonchev–Trinajstić information content (AvgIpc) is 2.01. The molecule has 3 unspecified atom stereocenters. The van der Waals surface area contributed by atoms with Crippen molar-refractivity contribution in [2.45, 2.75) is 18.4 Å². The Morgan fingerprint density at radius 1 is 1.55 bits per heavy atom. The van der Waals surface area contributed by atoms with Crippen molar-refractivity contribution in [2.24, 2.45) is 0 Å². The number of Topliss-reactive ketones (excluding diaryl/α,β-unsaturated/α-hetero) is 1. The summed E-state index contributed by atoms with van der Waals surface area (Å²) in [5.74, 6) is -0.772. The van der Waals surface area contributed by atoms with Gasteiger partial charge in [0.2, 0.25) is 5.78 Å². The van der Waals surface area contributed by atoms with Gasteiger partial charge in [-0.1, -0.05) is 0 Å². The molecule has 1 saturated heterocycles. The number of nitrogens with one attached hydrogen (secondary N) is 1. The molecule has 0 aromatic carbocycles. The minimum atomic E-state index is -1.48. The molecule has 0 spiro atoms. The largest absolute Gasteiger partial charge is 0.388 e. The Labute approximate surface area is 62.4 Å². The number of aliphatic hydroxyl groups excluding tert-OH is 2. The number of aliphatic hydroxyl groups is 2. The third-order valence-electron chi connectivity index (χ3n) is 1.47. The lowest BCUT2D eigenvalue weighted by Gasteiger charge is -2.27. The molecule has 0 aliphatic carbocycles. The minimum absolute atomic E-state index is 0.175. The van der Waals surface area contributed by atoms with Crippen LogP contribution in [0.3, 0.4) is 0 Å². The van der Waals surface area contributed by atoms with Gasteiger partial charge in [-0.25, -0.2) is 0 Å². The van der Waals surface area contributed by atoms with Crippen molar-refractivity contribution in [3.05, 3.63) is 0 Å². The Balaban J connectivity index is 2.59. The smallest absolute Gasteiger partial charge is 0.209 e. The summed E-state index contributed by atoms with van der Waals surface area (Å²) in [6.45, 7) is -0.175. The van der Waals surface area contributed by atoms with Gasteiger partial charge in [-0.05, 0) is 0 Å². The molecule has 0 bridgehead atoms. The highest BCUT2D eigenvalue weighted by atomic mass is 16.6. The zero-order valence-electron chi connectivity index (χ0n) is 5.60. The molecule has 0 aromatic heterocycles. The number of ether oxygens (including phenoxy) is 1. The maximum atomic E-state index is 10.8. The number of hydrogen-bond acceptors (Lipinski definition) is 6. The molecule has 1 rings (SSSR count). The molecule has 1 aliphatic rings. The summed E-state index contributed by atoms with van der Waals surface area (Å²) in [5.41, 5.74) is 1.56. The van der Waals surface area contributed by atoms with Crippen LogP contribution in [0, 0.1) is 0 Å². The van der Waals surface area contributed by atoms with Gasteiger partial charge in [-0.3, -0.25) is 4.79 Å². The van der Waals surface area contributed by atoms with Gasteiger partial charge >= 0.3 is 0 Å². The summed E-state index contributed by atoms with van der Waals surface area (Å²) in [4.78, 5) is 10.8. The molecule has 3 atom stereocenters. The Morgan fingerprint density at radius 3 is 2.73 bits per heavy atom. The third-order valence-corrected chi connectivity index (χ3v) is 1.47. The minimum Gasteiger partial charge on any atom is -0.388 e. The van der Waals surface area contributed by atoms with E-state index in [0.717, 1.165) is 0 Å². The van der Waals surface area contributed by atoms with Crippen LogP contribution in [0.15, 0.2) is 0 Å². The maximum Gasteiger partial charge on any atom is 0.209 e. The Kier molecular flexibility index (Phi) is 2.53. The predicted octanol–water partition coefficient (Wildman–Crippen LogP) is -2.39. The van der Waals surface area contributed by atoms with Crippen LogP contribution in [0.2, 0.25) is 0 Å². The summed E-state index contributed by atoms with van der Waals surface area (Å²) in [5, 5.41) is 26.1. The van der Waals surface area contributed by atoms with E-state index in [-0.39, 0.29) is 6.61 Å². The van der Waals surface area contributed by atoms with Crippen molar-refractivity contribution >= 4 is 5.78 Å². The lowest BCUT2D eigenvalue weighted by molar-refractivity contribution is -0.178. The molecule has 0 radical (unpaired) electrons. The number of carbonyl (C=O) groups excluding carboxylic acids is 1. The molecular formula is C5H9NO5. The molecule has 1 fully saturated rings. The van der Waals surface area contributed by atoms with Crippen molar-refractivity contribution in [3.8, 4) is 0 Å². The molecule has 0 amide bonds. The topological polar surface area (TPSA) is 99.0 Å². The van der Waals surface area contributed by atoms with Crippen molar-refractivity contribution in [2.75, 3.05) is 6.61 Å². The van der Waals surface area contributed by atoms with Crippen molar-refractivity contribution in [1.82, 2.24) is 5.48 Å². The van der Waals surface area contributed by atoms with Gasteiger partial charge in [0, 0.05) is 0 Å². The lowest BCUT2D eigenvalue weighted by Crippen LogP contribution is -2.54. The van der Waals surface area contributed by atoms with Crippen molar-refractivity contribution < 1.29 is 25.0 Å². The van der Waals surface area contributed by atoms with Crippen molar-refractivity contribution in [3.63, 3.8) is 0 Å². The normalized spacial score (nSPS) is 39.2. The SMILES string of the molecule is O=C1C(NO)OCC(O)C1O. The van der Waals surface area contributed by atoms with E-state index in [4.69, 9.17) is 15.4 Å². The fourth-order valence-electron chi connectivity index (χ4n) is 0.814. The van der Waals surface area contributed by atoms with Gasteiger partial charge in [-0.15, -0.1) is 0 Å². The molecule has 6 nitrogen and oxygen atoms in total. The van der Waals surface area contributed by atoms with Gasteiger partial charge in [0.25, 0.3) is 0 Å². The Bertz CT molecular complexity index is 157. The van der Waals surface area contributed by atoms with Crippen LogP contribution >= 0.6 is 0 Å². The number of rotatable bonds is 1. The van der Waals surface area contributed by atoms with E-state index in [1.54, 1.807) is 5.48 Å². The molecule has 4 N–H and O–H groups in total. The monoisotopic (exact) mass is 163 g/mol. The van der Waals surface area contributed by atoms with Crippen LogP contribution in [0.4, 0.5) is 0 Å². The highest BCUT2D eigenvalue weighted by Gasteiger charge is 2.36. The van der Waals surface area contributed by atoms with Crippen molar-refractivity contribution in [1.29, 1.82) is 0 Å². The van der Waals surface area contributed by atoms with E-state index < -0.39 is 24.2 Å². The number of hydroxylamine groups is 1. The van der Waals surface area contributed by atoms with Crippen LogP contribution in [0.25, 0.3) is 0 Å². The van der Waals surface area contributed by atoms with Gasteiger partial charge in [0.1, 0.15) is 12.2 Å². The highest BCUT2D eigenvalue weighted by Crippen LogP contribution is 2.08. The Hall–Kier alpha value is -0.530. The number of ketones is 1. The standard InChI is InChI=1S/C5H9NO5/c7-2-1-11-5(6-10)4(9)3(2)8/h2-3,5-8,10H,1H2. The Morgan fingerprint density at radius 2 is 2.18 bits per heavy atom. The van der Waals surface area contributed by atoms with Crippen LogP contribution in [-0.2, 0) is 9.53 Å². The first-order valence-corrected chi connectivity index (χ1v) is 3.08. The van der Waals surface area contributed by atoms with E-state index in [0.29, 0.717) is 0 Å². The lowest BCUT2D eigenvalue weighted by atomic mass is 10.1. The van der Waals surface area contributed by atoms with E-state index in [1.165, 1.54) is 0 Å². The summed E-state index contributed by atoms with van der Waals surface area (Å²) in [6.07, 6.45) is -3.91. The quantitative estimate of drug-likeness (QED) is 0.322. The van der Waals surface area contributed by atoms with E-state index in [2.05, 4.69) is 4.74 Å². The van der Waals surface area contributed by atoms with E-state index in [9.17, 15) is 4.79 Å². The molecule has 0 aromatic rings. The molecular weight excluding hydrogens is 154 g/mol. The summed E-state index contributed by atoms with van der Waals surface area (Å²) in [7, 11) is 0. The zero-order valence-corrected chi connectivity index (χ0v) is 5.60. The van der Waals surface area contributed by atoms with Gasteiger partial charge < -0.3 is 20.2 Å². The van der Waals surface area contributed by atoms with Gasteiger partial charge in [0.15, 0.2) is 6.23 Å². The molecule has 1 aliphatic heterocycles. The first-order chi connectivity index (χ1) is 5.16. The molecule has 0 saturated carbocycles. The van der Waals surface area contributed by atoms with Gasteiger partial charge in [-0.2, -0.15) is 5.48 Å². The molecule has 1 heterocycles. The summed E-state index contributed by atoms with van der Waals surface area (Å²) >= 11 is 0. The predicted molar refractivity (Wildman–Crippen MR) is 31.7 cm³/mol. The summed E-state index contributed by atoms with van der Waals surface area (Å²) < 4.78 is 4.60. The van der Waals surface area contributed by atoms with E-state index in [1.807, 2.05) is 0 Å². The second kappa shape index (κ2) is 3.24. The molecule has 6 heteroatoms. The first kappa shape index (κ1) is 8.57. The molecule has 64 valence electrons. The second-order valence-corrected chi connectivity index (χ2v) is 2.26. The average molecular weight is 163 g/mol. The zero-order chi connectivity index (χ0) is 8.43. The highest BCUT2D eigenvalue weighted by molar-refractivity contribution is 5.87. The number of hydrogen-bond donors (Lipinski definition) is 4. The van der Waals surface area contributed by atoms with Crippen LogP contribution < -0.4 is 5.48 Å². The van der Waals surface area contributed by atoms with Crippen LogP contribution in [-0.4, -0.2) is 46.2 Å².